The minimum absolute atomic E-state index is 0.547. The molecule has 21 heavy (non-hydrogen) atoms. The second-order valence-corrected chi connectivity index (χ2v) is 6.71. The van der Waals surface area contributed by atoms with Crippen molar-refractivity contribution in [2.45, 2.75) is 71.3 Å². The fourth-order valence-electron chi connectivity index (χ4n) is 3.97. The molecule has 1 aromatic carbocycles. The number of rotatable bonds is 8. The van der Waals surface area contributed by atoms with Crippen molar-refractivity contribution in [2.75, 3.05) is 6.54 Å². The van der Waals surface area contributed by atoms with Crippen molar-refractivity contribution < 1.29 is 0 Å². The third-order valence-electron chi connectivity index (χ3n) is 5.26. The Bertz CT molecular complexity index is 373. The number of hydrogen-bond acceptors (Lipinski definition) is 1. The smallest absolute Gasteiger partial charge is 0.0320 e. The summed E-state index contributed by atoms with van der Waals surface area (Å²) in [5, 5.41) is 3.76. The lowest BCUT2D eigenvalue weighted by atomic mass is 9.75. The molecule has 1 aliphatic carbocycles. The Morgan fingerprint density at radius 2 is 1.76 bits per heavy atom. The van der Waals surface area contributed by atoms with Crippen molar-refractivity contribution in [3.63, 3.8) is 0 Å². The molecule has 1 heteroatoms. The molecule has 0 aliphatic heterocycles. The van der Waals surface area contributed by atoms with Gasteiger partial charge in [0.05, 0.1) is 0 Å². The summed E-state index contributed by atoms with van der Waals surface area (Å²) >= 11 is 0. The summed E-state index contributed by atoms with van der Waals surface area (Å²) < 4.78 is 0. The fraction of sp³-hybridized carbons (Fsp3) is 0.700. The van der Waals surface area contributed by atoms with Crippen LogP contribution in [0, 0.1) is 11.8 Å². The Balaban J connectivity index is 1.92. The van der Waals surface area contributed by atoms with Gasteiger partial charge in [-0.15, -0.1) is 0 Å². The Labute approximate surface area is 131 Å². The highest BCUT2D eigenvalue weighted by Crippen LogP contribution is 2.36. The first-order chi connectivity index (χ1) is 10.3. The summed E-state index contributed by atoms with van der Waals surface area (Å²) in [6.07, 6.45) is 11.1. The van der Waals surface area contributed by atoms with Crippen LogP contribution in [0.5, 0.6) is 0 Å². The Morgan fingerprint density at radius 3 is 2.43 bits per heavy atom. The van der Waals surface area contributed by atoms with E-state index >= 15 is 0 Å². The van der Waals surface area contributed by atoms with Crippen LogP contribution in [0.25, 0.3) is 0 Å². The molecule has 3 atom stereocenters. The van der Waals surface area contributed by atoms with Crippen molar-refractivity contribution in [3.05, 3.63) is 35.9 Å². The number of hydrogen-bond donors (Lipinski definition) is 1. The predicted octanol–water partition coefficient (Wildman–Crippen LogP) is 5.72. The lowest BCUT2D eigenvalue weighted by molar-refractivity contribution is 0.207. The van der Waals surface area contributed by atoms with E-state index in [9.17, 15) is 0 Å². The van der Waals surface area contributed by atoms with Crippen molar-refractivity contribution >= 4 is 0 Å². The van der Waals surface area contributed by atoms with Crippen LogP contribution in [0.4, 0.5) is 0 Å². The molecule has 1 aliphatic rings. The van der Waals surface area contributed by atoms with E-state index in [2.05, 4.69) is 49.5 Å². The Hall–Kier alpha value is -0.820. The topological polar surface area (TPSA) is 12.0 Å². The van der Waals surface area contributed by atoms with E-state index < -0.39 is 0 Å². The van der Waals surface area contributed by atoms with Crippen molar-refractivity contribution in [1.29, 1.82) is 0 Å². The summed E-state index contributed by atoms with van der Waals surface area (Å²) in [4.78, 5) is 0. The predicted molar refractivity (Wildman–Crippen MR) is 92.4 cm³/mol. The van der Waals surface area contributed by atoms with Gasteiger partial charge in [0.1, 0.15) is 0 Å². The minimum Gasteiger partial charge on any atom is -0.310 e. The highest BCUT2D eigenvalue weighted by atomic mass is 14.9. The number of nitrogens with one attached hydrogen (secondary N) is 1. The molecule has 0 radical (unpaired) electrons. The summed E-state index contributed by atoms with van der Waals surface area (Å²) in [5.41, 5.74) is 1.47. The zero-order valence-electron chi connectivity index (χ0n) is 14.0. The average molecular weight is 287 g/mol. The zero-order valence-corrected chi connectivity index (χ0v) is 14.0. The molecular formula is C20H33N. The van der Waals surface area contributed by atoms with Crippen LogP contribution in [0.1, 0.15) is 76.8 Å². The second kappa shape index (κ2) is 9.25. The lowest BCUT2D eigenvalue weighted by Gasteiger charge is -2.32. The first-order valence-electron chi connectivity index (χ1n) is 9.13. The van der Waals surface area contributed by atoms with E-state index in [1.807, 2.05) is 0 Å². The van der Waals surface area contributed by atoms with Crippen LogP contribution in [0.15, 0.2) is 30.3 Å². The average Bonchev–Trinajstić information content (AvgIpc) is 2.56. The first kappa shape index (κ1) is 16.5. The summed E-state index contributed by atoms with van der Waals surface area (Å²) in [7, 11) is 0. The fourth-order valence-corrected chi connectivity index (χ4v) is 3.97. The van der Waals surface area contributed by atoms with Crippen LogP contribution in [-0.4, -0.2) is 6.54 Å². The summed E-state index contributed by atoms with van der Waals surface area (Å²) in [5.74, 6) is 1.96. The van der Waals surface area contributed by atoms with Gasteiger partial charge >= 0.3 is 0 Å². The van der Waals surface area contributed by atoms with Crippen LogP contribution in [-0.2, 0) is 0 Å². The van der Waals surface area contributed by atoms with Crippen molar-refractivity contribution in [2.24, 2.45) is 11.8 Å². The lowest BCUT2D eigenvalue weighted by Crippen LogP contribution is -2.25. The Kier molecular flexibility index (Phi) is 7.29. The van der Waals surface area contributed by atoms with E-state index in [1.54, 1.807) is 0 Å². The van der Waals surface area contributed by atoms with Gasteiger partial charge in [-0.2, -0.15) is 0 Å². The second-order valence-electron chi connectivity index (χ2n) is 6.71. The third kappa shape index (κ3) is 5.14. The normalized spacial score (nSPS) is 23.9. The largest absolute Gasteiger partial charge is 0.310 e. The molecule has 0 amide bonds. The highest BCUT2D eigenvalue weighted by Gasteiger charge is 2.24. The van der Waals surface area contributed by atoms with Crippen LogP contribution < -0.4 is 5.32 Å². The molecule has 0 aromatic heterocycles. The first-order valence-corrected chi connectivity index (χ1v) is 9.13. The molecule has 1 nitrogen and oxygen atoms in total. The molecule has 0 bridgehead atoms. The van der Waals surface area contributed by atoms with Crippen molar-refractivity contribution in [3.8, 4) is 0 Å². The molecule has 3 unspecified atom stereocenters. The molecule has 0 saturated heterocycles. The maximum atomic E-state index is 3.76. The van der Waals surface area contributed by atoms with Crippen LogP contribution >= 0.6 is 0 Å². The van der Waals surface area contributed by atoms with E-state index in [4.69, 9.17) is 0 Å². The van der Waals surface area contributed by atoms with E-state index in [0.29, 0.717) is 6.04 Å². The molecule has 1 N–H and O–H groups in total. The number of benzene rings is 1. The molecule has 1 saturated carbocycles. The third-order valence-corrected chi connectivity index (χ3v) is 5.26. The van der Waals surface area contributed by atoms with Gasteiger partial charge in [-0.3, -0.25) is 0 Å². The summed E-state index contributed by atoms with van der Waals surface area (Å²) in [6, 6.07) is 11.6. The molecule has 0 spiro atoms. The SMILES string of the molecule is CCCNC(CCC1CCCCC1CC)c1ccccc1. The van der Waals surface area contributed by atoms with Crippen LogP contribution in [0.3, 0.4) is 0 Å². The zero-order chi connectivity index (χ0) is 14.9. The van der Waals surface area contributed by atoms with Gasteiger partial charge in [0.25, 0.3) is 0 Å². The molecule has 2 rings (SSSR count). The molecular weight excluding hydrogens is 254 g/mol. The minimum atomic E-state index is 0.547. The van der Waals surface area contributed by atoms with Crippen LogP contribution in [0.2, 0.25) is 0 Å². The maximum absolute atomic E-state index is 3.76. The van der Waals surface area contributed by atoms with Gasteiger partial charge in [0, 0.05) is 6.04 Å². The molecule has 0 heterocycles. The van der Waals surface area contributed by atoms with Gasteiger partial charge in [-0.1, -0.05) is 76.3 Å². The molecule has 1 aromatic rings. The van der Waals surface area contributed by atoms with Crippen molar-refractivity contribution in [1.82, 2.24) is 5.32 Å². The maximum Gasteiger partial charge on any atom is 0.0320 e. The highest BCUT2D eigenvalue weighted by molar-refractivity contribution is 5.18. The van der Waals surface area contributed by atoms with Gasteiger partial charge in [-0.05, 0) is 43.2 Å². The van der Waals surface area contributed by atoms with E-state index in [0.717, 1.165) is 18.4 Å². The van der Waals surface area contributed by atoms with Gasteiger partial charge in [-0.25, -0.2) is 0 Å². The van der Waals surface area contributed by atoms with Gasteiger partial charge in [0.2, 0.25) is 0 Å². The molecule has 1 fully saturated rings. The summed E-state index contributed by atoms with van der Waals surface area (Å²) in [6.45, 7) is 5.76. The van der Waals surface area contributed by atoms with Gasteiger partial charge < -0.3 is 5.32 Å². The Morgan fingerprint density at radius 1 is 1.05 bits per heavy atom. The van der Waals surface area contributed by atoms with Gasteiger partial charge in [0.15, 0.2) is 0 Å². The van der Waals surface area contributed by atoms with E-state index in [-0.39, 0.29) is 0 Å². The van der Waals surface area contributed by atoms with E-state index in [1.165, 1.54) is 56.9 Å². The molecule has 118 valence electrons. The monoisotopic (exact) mass is 287 g/mol. The standard InChI is InChI=1S/C20H33N/c1-3-16-21-20(19-12-6-5-7-13-19)15-14-18-11-9-8-10-17(18)4-2/h5-7,12-13,17-18,20-21H,3-4,8-11,14-16H2,1-2H3. The quantitative estimate of drug-likeness (QED) is 0.644.